The van der Waals surface area contributed by atoms with Crippen molar-refractivity contribution in [2.45, 2.75) is 38.7 Å². The van der Waals surface area contributed by atoms with Crippen LogP contribution in [0.25, 0.3) is 28.2 Å². The lowest BCUT2D eigenvalue weighted by Crippen LogP contribution is -2.42. The molecule has 0 aromatic carbocycles. The number of nitrogen functional groups attached to an aromatic ring is 1. The molecule has 1 aliphatic rings. The van der Waals surface area contributed by atoms with Crippen molar-refractivity contribution in [3.63, 3.8) is 0 Å². The summed E-state index contributed by atoms with van der Waals surface area (Å²) in [6.45, 7) is 3.89. The number of likely N-dealkylation sites (tertiary alicyclic amines) is 1. The summed E-state index contributed by atoms with van der Waals surface area (Å²) in [7, 11) is 0. The van der Waals surface area contributed by atoms with Gasteiger partial charge < -0.3 is 15.7 Å². The number of amides is 1. The highest BCUT2D eigenvalue weighted by molar-refractivity contribution is 6.00. The van der Waals surface area contributed by atoms with E-state index < -0.39 is 6.10 Å². The predicted octanol–water partition coefficient (Wildman–Crippen LogP) is 2.72. The summed E-state index contributed by atoms with van der Waals surface area (Å²) in [5, 5.41) is 14.1. The first-order valence-electron chi connectivity index (χ1n) is 11.9. The van der Waals surface area contributed by atoms with Gasteiger partial charge in [-0.2, -0.15) is 9.61 Å². The van der Waals surface area contributed by atoms with Crippen molar-refractivity contribution in [1.82, 2.24) is 29.5 Å². The first-order chi connectivity index (χ1) is 17.3. The first kappa shape index (κ1) is 23.6. The van der Waals surface area contributed by atoms with E-state index in [1.165, 1.54) is 18.4 Å². The van der Waals surface area contributed by atoms with E-state index in [4.69, 9.17) is 10.7 Å². The number of pyridine rings is 2. The third-order valence-corrected chi connectivity index (χ3v) is 6.62. The molecule has 5 rings (SSSR count). The van der Waals surface area contributed by atoms with Crippen molar-refractivity contribution >= 4 is 23.2 Å². The Morgan fingerprint density at radius 1 is 1.08 bits per heavy atom. The van der Waals surface area contributed by atoms with Crippen LogP contribution in [0.4, 0.5) is 5.82 Å². The molecular formula is C26H27N7O3. The summed E-state index contributed by atoms with van der Waals surface area (Å²) in [4.78, 5) is 40.3. The van der Waals surface area contributed by atoms with E-state index in [2.05, 4.69) is 15.1 Å². The SMILES string of the molecule is CC(=O)c1c(C2CCN(C(=O)[C@@H](C)O)CC2)nc2c(-c3ccc(-c4ccccn4)nc3)cnn2c1N. The lowest BCUT2D eigenvalue weighted by Gasteiger charge is -2.33. The van der Waals surface area contributed by atoms with Crippen LogP contribution in [0.1, 0.15) is 48.7 Å². The fourth-order valence-corrected chi connectivity index (χ4v) is 4.75. The van der Waals surface area contributed by atoms with Gasteiger partial charge in [0.15, 0.2) is 11.4 Å². The van der Waals surface area contributed by atoms with Gasteiger partial charge in [0.25, 0.3) is 5.91 Å². The average Bonchev–Trinajstić information content (AvgIpc) is 3.33. The molecule has 0 aliphatic carbocycles. The van der Waals surface area contributed by atoms with Crippen LogP contribution >= 0.6 is 0 Å². The van der Waals surface area contributed by atoms with Crippen LogP contribution < -0.4 is 5.73 Å². The largest absolute Gasteiger partial charge is 0.384 e. The second kappa shape index (κ2) is 9.46. The highest BCUT2D eigenvalue weighted by atomic mass is 16.3. The topological polar surface area (TPSA) is 140 Å². The molecule has 5 heterocycles. The summed E-state index contributed by atoms with van der Waals surface area (Å²) in [5.41, 5.74) is 11.1. The van der Waals surface area contributed by atoms with Crippen molar-refractivity contribution in [2.75, 3.05) is 18.8 Å². The number of ketones is 1. The van der Waals surface area contributed by atoms with Gasteiger partial charge in [-0.3, -0.25) is 19.6 Å². The van der Waals surface area contributed by atoms with Gasteiger partial charge in [0.05, 0.1) is 28.8 Å². The number of nitrogens with zero attached hydrogens (tertiary/aromatic N) is 6. The highest BCUT2D eigenvalue weighted by Crippen LogP contribution is 2.35. The van der Waals surface area contributed by atoms with Crippen molar-refractivity contribution in [1.29, 1.82) is 0 Å². The molecule has 4 aromatic heterocycles. The minimum absolute atomic E-state index is 0.0540. The molecule has 0 spiro atoms. The molecule has 184 valence electrons. The molecule has 10 heteroatoms. The third-order valence-electron chi connectivity index (χ3n) is 6.62. The molecule has 1 fully saturated rings. The van der Waals surface area contributed by atoms with Crippen LogP contribution in [0.2, 0.25) is 0 Å². The van der Waals surface area contributed by atoms with Gasteiger partial charge in [0, 0.05) is 42.5 Å². The molecule has 4 aromatic rings. The Kier molecular flexibility index (Phi) is 6.19. The number of aliphatic hydroxyl groups is 1. The van der Waals surface area contributed by atoms with Crippen LogP contribution in [0.15, 0.2) is 48.9 Å². The molecule has 0 unspecified atom stereocenters. The number of Topliss-reactive ketones (excluding diaryl/α,β-unsaturated/α-hetero) is 1. The zero-order valence-corrected chi connectivity index (χ0v) is 20.1. The summed E-state index contributed by atoms with van der Waals surface area (Å²) in [6, 6.07) is 9.49. The van der Waals surface area contributed by atoms with Crippen molar-refractivity contribution in [2.24, 2.45) is 0 Å². The number of rotatable bonds is 5. The van der Waals surface area contributed by atoms with Gasteiger partial charge in [-0.25, -0.2) is 4.98 Å². The van der Waals surface area contributed by atoms with Crippen molar-refractivity contribution in [3.8, 4) is 22.5 Å². The number of fused-ring (bicyclic) bond motifs is 1. The average molecular weight is 486 g/mol. The van der Waals surface area contributed by atoms with E-state index in [9.17, 15) is 14.7 Å². The molecular weight excluding hydrogens is 458 g/mol. The summed E-state index contributed by atoms with van der Waals surface area (Å²) >= 11 is 0. The number of hydrogen-bond donors (Lipinski definition) is 2. The fourth-order valence-electron chi connectivity index (χ4n) is 4.75. The smallest absolute Gasteiger partial charge is 0.251 e. The zero-order chi connectivity index (χ0) is 25.4. The number of carbonyl (C=O) groups is 2. The molecule has 1 saturated heterocycles. The Labute approximate surface area is 207 Å². The standard InChI is InChI=1S/C26H27N7O3/c1-15(34)22-23(17-8-11-32(12-9-17)26(36)16(2)35)31-25-19(14-30-33(25)24(22)27)18-6-7-21(29-13-18)20-5-3-4-10-28-20/h3-7,10,13-14,16-17,35H,8-9,11-12,27H2,1-2H3/t16-/m1/s1. The monoisotopic (exact) mass is 485 g/mol. The van der Waals surface area contributed by atoms with E-state index in [1.807, 2.05) is 30.3 Å². The minimum Gasteiger partial charge on any atom is -0.384 e. The second-order valence-corrected chi connectivity index (χ2v) is 9.03. The number of aliphatic hydroxyl groups excluding tert-OH is 1. The van der Waals surface area contributed by atoms with Gasteiger partial charge in [0.1, 0.15) is 11.9 Å². The number of nitrogens with two attached hydrogens (primary N) is 1. The predicted molar refractivity (Wildman–Crippen MR) is 134 cm³/mol. The van der Waals surface area contributed by atoms with Gasteiger partial charge in [-0.15, -0.1) is 0 Å². The maximum absolute atomic E-state index is 12.6. The molecule has 0 bridgehead atoms. The quantitative estimate of drug-likeness (QED) is 0.411. The lowest BCUT2D eigenvalue weighted by molar-refractivity contribution is -0.140. The summed E-state index contributed by atoms with van der Waals surface area (Å²) < 4.78 is 1.49. The molecule has 3 N–H and O–H groups in total. The second-order valence-electron chi connectivity index (χ2n) is 9.03. The fraction of sp³-hybridized carbons (Fsp3) is 0.308. The normalized spacial score (nSPS) is 15.2. The van der Waals surface area contributed by atoms with E-state index in [-0.39, 0.29) is 23.4 Å². The van der Waals surface area contributed by atoms with Crippen LogP contribution in [0.3, 0.4) is 0 Å². The Balaban J connectivity index is 1.52. The Morgan fingerprint density at radius 2 is 1.83 bits per heavy atom. The van der Waals surface area contributed by atoms with E-state index in [0.717, 1.165) is 22.5 Å². The highest BCUT2D eigenvalue weighted by Gasteiger charge is 2.31. The maximum atomic E-state index is 12.6. The van der Waals surface area contributed by atoms with E-state index in [0.29, 0.717) is 42.8 Å². The first-order valence-corrected chi connectivity index (χ1v) is 11.9. The maximum Gasteiger partial charge on any atom is 0.251 e. The van der Waals surface area contributed by atoms with Crippen LogP contribution in [-0.4, -0.2) is 65.5 Å². The molecule has 1 amide bonds. The molecule has 0 saturated carbocycles. The number of hydrogen-bond acceptors (Lipinski definition) is 8. The van der Waals surface area contributed by atoms with Gasteiger partial charge >= 0.3 is 0 Å². The van der Waals surface area contributed by atoms with Crippen LogP contribution in [-0.2, 0) is 4.79 Å². The van der Waals surface area contributed by atoms with Crippen molar-refractivity contribution in [3.05, 3.63) is 60.2 Å². The number of anilines is 1. The van der Waals surface area contributed by atoms with Gasteiger partial charge in [-0.05, 0) is 44.9 Å². The van der Waals surface area contributed by atoms with E-state index in [1.54, 1.807) is 23.5 Å². The number of carbonyl (C=O) groups excluding carboxylic acids is 2. The summed E-state index contributed by atoms with van der Waals surface area (Å²) in [6.07, 6.45) is 5.34. The molecule has 1 aliphatic heterocycles. The van der Waals surface area contributed by atoms with Crippen LogP contribution in [0, 0.1) is 0 Å². The van der Waals surface area contributed by atoms with Gasteiger partial charge in [0.2, 0.25) is 0 Å². The number of aromatic nitrogens is 5. The molecule has 1 atom stereocenters. The molecule has 10 nitrogen and oxygen atoms in total. The van der Waals surface area contributed by atoms with Crippen molar-refractivity contribution < 1.29 is 14.7 Å². The molecule has 0 radical (unpaired) electrons. The zero-order valence-electron chi connectivity index (χ0n) is 20.1. The summed E-state index contributed by atoms with van der Waals surface area (Å²) in [5.74, 6) is -0.281. The Morgan fingerprint density at radius 3 is 2.44 bits per heavy atom. The Hall–Kier alpha value is -4.18. The molecule has 36 heavy (non-hydrogen) atoms. The third kappa shape index (κ3) is 4.20. The van der Waals surface area contributed by atoms with Crippen LogP contribution in [0.5, 0.6) is 0 Å². The van der Waals surface area contributed by atoms with Gasteiger partial charge in [-0.1, -0.05) is 12.1 Å². The lowest BCUT2D eigenvalue weighted by atomic mass is 9.89. The minimum atomic E-state index is -1.04. The number of piperidine rings is 1. The Bertz CT molecular complexity index is 1420. The van der Waals surface area contributed by atoms with E-state index >= 15 is 0 Å².